The first-order valence-corrected chi connectivity index (χ1v) is 7.37. The quantitative estimate of drug-likeness (QED) is 0.562. The second-order valence-electron chi connectivity index (χ2n) is 4.36. The molecule has 0 unspecified atom stereocenters. The molecular formula is C14H10Cl2N3O3S-. The van der Waals surface area contributed by atoms with Crippen molar-refractivity contribution in [2.24, 2.45) is 0 Å². The van der Waals surface area contributed by atoms with Gasteiger partial charge in [0.2, 0.25) is 0 Å². The first-order chi connectivity index (χ1) is 10.9. The minimum Gasteiger partial charge on any atom is -0.733 e. The molecule has 0 heterocycles. The molecule has 0 bridgehead atoms. The smallest absolute Gasteiger partial charge is 0.257 e. The maximum Gasteiger partial charge on any atom is 0.257 e. The van der Waals surface area contributed by atoms with Gasteiger partial charge in [-0.25, -0.2) is 0 Å². The van der Waals surface area contributed by atoms with Gasteiger partial charge in [0.15, 0.2) is 5.11 Å². The van der Waals surface area contributed by atoms with Crippen LogP contribution in [0.3, 0.4) is 0 Å². The number of carbonyl (C=O) groups is 1. The Morgan fingerprint density at radius 2 is 1.91 bits per heavy atom. The third kappa shape index (κ3) is 4.78. The molecule has 0 spiro atoms. The van der Waals surface area contributed by atoms with E-state index in [1.807, 2.05) is 0 Å². The molecule has 0 radical (unpaired) electrons. The van der Waals surface area contributed by atoms with Crippen LogP contribution in [0.25, 0.3) is 0 Å². The van der Waals surface area contributed by atoms with E-state index in [4.69, 9.17) is 40.6 Å². The zero-order valence-corrected chi connectivity index (χ0v) is 13.7. The number of anilines is 2. The van der Waals surface area contributed by atoms with Crippen molar-refractivity contribution in [3.05, 3.63) is 63.3 Å². The molecule has 9 heteroatoms. The molecule has 0 atom stereocenters. The summed E-state index contributed by atoms with van der Waals surface area (Å²) < 4.78 is 0. The molecule has 2 rings (SSSR count). The van der Waals surface area contributed by atoms with Crippen LogP contribution >= 0.6 is 35.4 Å². The highest BCUT2D eigenvalue weighted by atomic mass is 35.5. The lowest BCUT2D eigenvalue weighted by Gasteiger charge is -2.21. The molecule has 0 fully saturated rings. The van der Waals surface area contributed by atoms with Crippen molar-refractivity contribution in [3.8, 4) is 0 Å². The predicted molar refractivity (Wildman–Crippen MR) is 94.2 cm³/mol. The van der Waals surface area contributed by atoms with Crippen molar-refractivity contribution in [1.82, 2.24) is 5.32 Å². The molecule has 3 N–H and O–H groups in total. The van der Waals surface area contributed by atoms with Gasteiger partial charge in [-0.05, 0) is 48.6 Å². The number of halogens is 2. The minimum absolute atomic E-state index is 0.0433. The number of nitrogens with one attached hydrogen (secondary N) is 2. The summed E-state index contributed by atoms with van der Waals surface area (Å²) >= 11 is 16.7. The fraction of sp³-hybridized carbons (Fsp3) is 0. The third-order valence-corrected chi connectivity index (χ3v) is 3.68. The molecule has 0 saturated heterocycles. The third-order valence-electron chi connectivity index (χ3n) is 2.73. The molecule has 0 saturated carbocycles. The topological polar surface area (TPSA) is 87.7 Å². The lowest BCUT2D eigenvalue weighted by Crippen LogP contribution is -2.34. The summed E-state index contributed by atoms with van der Waals surface area (Å²) in [6, 6.07) is 10.3. The second kappa shape index (κ2) is 7.58. The van der Waals surface area contributed by atoms with Gasteiger partial charge in [0.25, 0.3) is 5.91 Å². The van der Waals surface area contributed by atoms with E-state index < -0.39 is 5.91 Å². The highest BCUT2D eigenvalue weighted by Crippen LogP contribution is 2.24. The summed E-state index contributed by atoms with van der Waals surface area (Å²) in [6.07, 6.45) is 0. The number of carbonyl (C=O) groups excluding carboxylic acids is 1. The average molecular weight is 371 g/mol. The first kappa shape index (κ1) is 17.5. The lowest BCUT2D eigenvalue weighted by molar-refractivity contribution is 0.0977. The van der Waals surface area contributed by atoms with E-state index in [1.54, 1.807) is 18.2 Å². The number of rotatable bonds is 3. The van der Waals surface area contributed by atoms with Crippen LogP contribution in [0, 0.1) is 5.21 Å². The van der Waals surface area contributed by atoms with Crippen molar-refractivity contribution in [2.75, 3.05) is 10.5 Å². The van der Waals surface area contributed by atoms with Gasteiger partial charge in [-0.15, -0.1) is 0 Å². The Labute approximate surface area is 147 Å². The predicted octanol–water partition coefficient (Wildman–Crippen LogP) is 3.81. The maximum absolute atomic E-state index is 12.1. The maximum atomic E-state index is 12.1. The van der Waals surface area contributed by atoms with Gasteiger partial charge in [-0.2, -0.15) is 0 Å². The van der Waals surface area contributed by atoms with Gasteiger partial charge in [-0.1, -0.05) is 29.3 Å². The molecule has 1 amide bonds. The van der Waals surface area contributed by atoms with E-state index in [2.05, 4.69) is 10.6 Å². The van der Waals surface area contributed by atoms with Crippen LogP contribution in [0.4, 0.5) is 11.4 Å². The highest BCUT2D eigenvalue weighted by Gasteiger charge is 2.09. The van der Waals surface area contributed by atoms with Crippen LogP contribution in [-0.2, 0) is 0 Å². The van der Waals surface area contributed by atoms with Crippen LogP contribution in [0.1, 0.15) is 10.4 Å². The zero-order valence-electron chi connectivity index (χ0n) is 11.4. The zero-order chi connectivity index (χ0) is 17.0. The molecular weight excluding hydrogens is 361 g/mol. The van der Waals surface area contributed by atoms with Crippen LogP contribution < -0.4 is 15.9 Å². The van der Waals surface area contributed by atoms with Crippen molar-refractivity contribution in [2.45, 2.75) is 0 Å². The Bertz CT molecular complexity index is 756. The molecule has 0 aliphatic rings. The average Bonchev–Trinajstić information content (AvgIpc) is 2.51. The van der Waals surface area contributed by atoms with E-state index in [0.29, 0.717) is 15.7 Å². The van der Waals surface area contributed by atoms with Crippen LogP contribution in [0.2, 0.25) is 10.0 Å². The Morgan fingerprint density at radius 1 is 1.17 bits per heavy atom. The Hall–Kier alpha value is -1.90. The summed E-state index contributed by atoms with van der Waals surface area (Å²) in [5.41, 5.74) is 0.649. The normalized spacial score (nSPS) is 10.1. The SMILES string of the molecule is O=C(NC(=S)Nc1ccc(Cl)c(Cl)c1)c1cccc(N([O-])O)c1. The van der Waals surface area contributed by atoms with Gasteiger partial charge in [0.05, 0.1) is 15.7 Å². The number of nitrogens with zero attached hydrogens (tertiary/aromatic N) is 1. The van der Waals surface area contributed by atoms with Crippen LogP contribution in [-0.4, -0.2) is 16.2 Å². The van der Waals surface area contributed by atoms with E-state index >= 15 is 0 Å². The molecule has 23 heavy (non-hydrogen) atoms. The van der Waals surface area contributed by atoms with Gasteiger partial charge < -0.3 is 15.8 Å². The van der Waals surface area contributed by atoms with E-state index in [1.165, 1.54) is 24.3 Å². The summed E-state index contributed by atoms with van der Waals surface area (Å²) in [6.45, 7) is 0. The van der Waals surface area contributed by atoms with Crippen molar-refractivity contribution in [3.63, 3.8) is 0 Å². The van der Waals surface area contributed by atoms with Crippen molar-refractivity contribution in [1.29, 1.82) is 0 Å². The number of hydrogen-bond acceptors (Lipinski definition) is 5. The Kier molecular flexibility index (Phi) is 5.75. The fourth-order valence-corrected chi connectivity index (χ4v) is 2.19. The summed E-state index contributed by atoms with van der Waals surface area (Å²) in [5, 5.41) is 25.3. The molecule has 6 nitrogen and oxygen atoms in total. The molecule has 2 aromatic carbocycles. The number of hydrogen-bond donors (Lipinski definition) is 3. The standard InChI is InChI=1S/C14H10Cl2N3O3S/c15-11-5-4-9(7-12(11)16)17-14(23)18-13(20)8-2-1-3-10(6-8)19(21)22/h1-7,21H,(H2,17,18,20,23)/q-1. The second-order valence-corrected chi connectivity index (χ2v) is 5.58. The van der Waals surface area contributed by atoms with Gasteiger partial charge in [-0.3, -0.25) is 15.3 Å². The largest absolute Gasteiger partial charge is 0.733 e. The van der Waals surface area contributed by atoms with E-state index in [-0.39, 0.29) is 21.6 Å². The minimum atomic E-state index is -0.536. The van der Waals surface area contributed by atoms with Crippen molar-refractivity contribution < 1.29 is 10.0 Å². The van der Waals surface area contributed by atoms with Gasteiger partial charge >= 0.3 is 0 Å². The van der Waals surface area contributed by atoms with Crippen molar-refractivity contribution >= 4 is 57.8 Å². The first-order valence-electron chi connectivity index (χ1n) is 6.20. The van der Waals surface area contributed by atoms with Crippen LogP contribution in [0.5, 0.6) is 0 Å². The monoisotopic (exact) mass is 370 g/mol. The molecule has 0 aliphatic carbocycles. The van der Waals surface area contributed by atoms with Gasteiger partial charge in [0.1, 0.15) is 0 Å². The van der Waals surface area contributed by atoms with Crippen LogP contribution in [0.15, 0.2) is 42.5 Å². The number of benzene rings is 2. The number of thiocarbonyl (C=S) groups is 1. The molecule has 0 aliphatic heterocycles. The molecule has 0 aromatic heterocycles. The van der Waals surface area contributed by atoms with E-state index in [9.17, 15) is 10.0 Å². The Balaban J connectivity index is 2.03. The summed E-state index contributed by atoms with van der Waals surface area (Å²) in [4.78, 5) is 12.1. The highest BCUT2D eigenvalue weighted by molar-refractivity contribution is 7.80. The molecule has 2 aromatic rings. The number of amides is 1. The molecule has 120 valence electrons. The lowest BCUT2D eigenvalue weighted by atomic mass is 10.2. The Morgan fingerprint density at radius 3 is 2.57 bits per heavy atom. The van der Waals surface area contributed by atoms with E-state index in [0.717, 1.165) is 0 Å². The summed E-state index contributed by atoms with van der Waals surface area (Å²) in [5.74, 6) is -0.536. The summed E-state index contributed by atoms with van der Waals surface area (Å²) in [7, 11) is 0. The van der Waals surface area contributed by atoms with Gasteiger partial charge in [0, 0.05) is 11.3 Å². The fourth-order valence-electron chi connectivity index (χ4n) is 1.68.